The smallest absolute Gasteiger partial charge is 0.462 e. The molecule has 0 rings (SSSR count). The summed E-state index contributed by atoms with van der Waals surface area (Å²) in [5, 5.41) is 10.6. The van der Waals surface area contributed by atoms with E-state index in [1.807, 2.05) is 12.2 Å². The van der Waals surface area contributed by atoms with Gasteiger partial charge in [-0.2, -0.15) is 0 Å². The van der Waals surface area contributed by atoms with Crippen LogP contribution in [0.2, 0.25) is 0 Å². The van der Waals surface area contributed by atoms with Crippen LogP contribution in [-0.2, 0) is 65.4 Å². The Kier molecular flexibility index (Phi) is 72.3. The van der Waals surface area contributed by atoms with Gasteiger partial charge in [0, 0.05) is 25.7 Å². The molecule has 0 aliphatic carbocycles. The van der Waals surface area contributed by atoms with Crippen molar-refractivity contribution in [1.82, 2.24) is 0 Å². The average Bonchev–Trinajstić information content (AvgIpc) is 0.923. The Bertz CT molecular complexity index is 2310. The van der Waals surface area contributed by atoms with Gasteiger partial charge in [-0.3, -0.25) is 37.3 Å². The first-order valence-corrected chi connectivity index (χ1v) is 43.5. The second-order valence-electron chi connectivity index (χ2n) is 27.0. The van der Waals surface area contributed by atoms with Crippen molar-refractivity contribution >= 4 is 39.5 Å². The van der Waals surface area contributed by atoms with Crippen LogP contribution in [0.25, 0.3) is 0 Å². The summed E-state index contributed by atoms with van der Waals surface area (Å²) in [6, 6.07) is 0. The minimum Gasteiger partial charge on any atom is -0.462 e. The lowest BCUT2D eigenvalue weighted by Crippen LogP contribution is -2.30. The molecular weight excluding hydrogens is 1330 g/mol. The van der Waals surface area contributed by atoms with E-state index in [1.54, 1.807) is 0 Å². The lowest BCUT2D eigenvalue weighted by Gasteiger charge is -2.21. The average molecular weight is 1480 g/mol. The van der Waals surface area contributed by atoms with E-state index in [-0.39, 0.29) is 25.7 Å². The van der Waals surface area contributed by atoms with Gasteiger partial charge in [-0.15, -0.1) is 0 Å². The zero-order chi connectivity index (χ0) is 74.6. The third kappa shape index (κ3) is 74.3. The molecule has 0 bridgehead atoms. The van der Waals surface area contributed by atoms with Crippen LogP contribution in [0.4, 0.5) is 0 Å². The van der Waals surface area contributed by atoms with E-state index in [0.717, 1.165) is 135 Å². The van der Waals surface area contributed by atoms with Crippen LogP contribution >= 0.6 is 15.6 Å². The lowest BCUT2D eigenvalue weighted by molar-refractivity contribution is -0.161. The standard InChI is InChI=1S/C83H146O17P2/c1-5-9-13-17-21-25-29-33-37-38-42-44-48-52-56-60-64-68-81(86)94-74-79(100-83(88)70-66-62-58-54-50-46-41-36-32-28-24-20-16-12-8-4)76-98-102(91,92)96-72-77(84)71-95-101(89,90)97-75-78(99-82(87)69-65-61-57-53-49-45-40-35-31-27-23-19-15-11-7-3)73-93-80(85)67-63-59-55-51-47-43-39-34-30-26-22-18-14-10-6-2/h21,23-25,27-28,33,35-37,40-42,44,52,56,77-79,84H,5-20,22,26,29-32,34,38-39,43,45-51,53-55,57-76H2,1-4H3,(H,89,90)(H,91,92)/b25-21-,27-23-,28-24-,37-33-,40-35-,41-36-,44-42-,56-52-/t77-,78-,79-/m1/s1. The van der Waals surface area contributed by atoms with E-state index in [4.69, 9.17) is 37.0 Å². The topological polar surface area (TPSA) is 237 Å². The fourth-order valence-electron chi connectivity index (χ4n) is 10.8. The summed E-state index contributed by atoms with van der Waals surface area (Å²) >= 11 is 0. The molecule has 0 saturated carbocycles. The number of carbonyl (C=O) groups is 4. The predicted molar refractivity (Wildman–Crippen MR) is 418 cm³/mol. The molecule has 0 aromatic carbocycles. The van der Waals surface area contributed by atoms with Crippen LogP contribution < -0.4 is 0 Å². The van der Waals surface area contributed by atoms with Crippen molar-refractivity contribution in [1.29, 1.82) is 0 Å². The molecule has 0 radical (unpaired) electrons. The minimum atomic E-state index is -4.99. The second-order valence-corrected chi connectivity index (χ2v) is 29.9. The van der Waals surface area contributed by atoms with Gasteiger partial charge < -0.3 is 33.8 Å². The number of phosphoric ester groups is 2. The Morgan fingerprint density at radius 3 is 0.794 bits per heavy atom. The SMILES string of the molecule is CCCCC/C=C\C/C=C\C/C=C\C/C=C\CCCC(=O)OC[C@H](COP(=O)(O)OC[C@H](O)COP(=O)(O)OC[C@@H](COC(=O)CCCCCCCCCCCCCCCCC)OC(=O)CCCCCCC/C=C\C/C=C\CCCCC)OC(=O)CCCCCCC/C=C\C/C=C\CCCCC. The first-order valence-electron chi connectivity index (χ1n) is 40.5. The van der Waals surface area contributed by atoms with Gasteiger partial charge in [-0.25, -0.2) is 9.13 Å². The maximum atomic E-state index is 13.1. The third-order valence-corrected chi connectivity index (χ3v) is 18.9. The number of allylic oxidation sites excluding steroid dienone is 16. The molecule has 2 unspecified atom stereocenters. The Morgan fingerprint density at radius 1 is 0.275 bits per heavy atom. The van der Waals surface area contributed by atoms with Crippen LogP contribution in [0.5, 0.6) is 0 Å². The van der Waals surface area contributed by atoms with Crippen LogP contribution in [0.1, 0.15) is 349 Å². The number of unbranched alkanes of at least 4 members (excludes halogenated alkanes) is 34. The van der Waals surface area contributed by atoms with Crippen LogP contribution in [0.3, 0.4) is 0 Å². The van der Waals surface area contributed by atoms with Crippen molar-refractivity contribution in [3.63, 3.8) is 0 Å². The summed E-state index contributed by atoms with van der Waals surface area (Å²) in [5.41, 5.74) is 0. The molecule has 17 nitrogen and oxygen atoms in total. The van der Waals surface area contributed by atoms with E-state index in [2.05, 4.69) is 113 Å². The number of hydrogen-bond donors (Lipinski definition) is 3. The van der Waals surface area contributed by atoms with E-state index in [0.29, 0.717) is 32.1 Å². The highest BCUT2D eigenvalue weighted by atomic mass is 31.2. The molecule has 0 heterocycles. The maximum absolute atomic E-state index is 13.1. The van der Waals surface area contributed by atoms with E-state index in [9.17, 15) is 43.2 Å². The minimum absolute atomic E-state index is 0.0672. The molecule has 0 aliphatic heterocycles. The maximum Gasteiger partial charge on any atom is 0.472 e. The zero-order valence-electron chi connectivity index (χ0n) is 64.5. The summed E-state index contributed by atoms with van der Waals surface area (Å²) in [7, 11) is -9.97. The molecular formula is C83H146O17P2. The molecule has 590 valence electrons. The highest BCUT2D eigenvalue weighted by molar-refractivity contribution is 7.47. The quantitative estimate of drug-likeness (QED) is 0.0169. The number of ether oxygens (including phenoxy) is 4. The Labute approximate surface area is 620 Å². The van der Waals surface area contributed by atoms with E-state index in [1.165, 1.54) is 128 Å². The molecule has 0 fully saturated rings. The van der Waals surface area contributed by atoms with Crippen molar-refractivity contribution in [3.8, 4) is 0 Å². The fraction of sp³-hybridized carbons (Fsp3) is 0.759. The lowest BCUT2D eigenvalue weighted by atomic mass is 10.0. The molecule has 102 heavy (non-hydrogen) atoms. The molecule has 0 saturated heterocycles. The van der Waals surface area contributed by atoms with Gasteiger partial charge in [0.15, 0.2) is 12.2 Å². The largest absolute Gasteiger partial charge is 0.472 e. The molecule has 3 N–H and O–H groups in total. The monoisotopic (exact) mass is 1480 g/mol. The van der Waals surface area contributed by atoms with Gasteiger partial charge >= 0.3 is 39.5 Å². The third-order valence-electron chi connectivity index (χ3n) is 17.0. The molecule has 0 amide bonds. The van der Waals surface area contributed by atoms with Crippen LogP contribution in [0.15, 0.2) is 97.2 Å². The van der Waals surface area contributed by atoms with Crippen molar-refractivity contribution in [2.24, 2.45) is 0 Å². The van der Waals surface area contributed by atoms with Gasteiger partial charge in [0.2, 0.25) is 0 Å². The second kappa shape index (κ2) is 75.2. The molecule has 0 spiro atoms. The van der Waals surface area contributed by atoms with Crippen molar-refractivity contribution < 1.29 is 80.2 Å². The predicted octanol–water partition coefficient (Wildman–Crippen LogP) is 23.6. The van der Waals surface area contributed by atoms with Gasteiger partial charge in [-0.05, 0) is 128 Å². The van der Waals surface area contributed by atoms with Crippen LogP contribution in [-0.4, -0.2) is 96.7 Å². The summed E-state index contributed by atoms with van der Waals surface area (Å²) in [6.07, 6.45) is 79.5. The number of carbonyl (C=O) groups excluding carboxylic acids is 4. The zero-order valence-corrected chi connectivity index (χ0v) is 66.3. The summed E-state index contributed by atoms with van der Waals surface area (Å²) in [5.74, 6) is -2.25. The van der Waals surface area contributed by atoms with Crippen molar-refractivity contribution in [3.05, 3.63) is 97.2 Å². The Hall–Kier alpha value is -4.02. The molecule has 5 atom stereocenters. The van der Waals surface area contributed by atoms with Gasteiger partial charge in [0.05, 0.1) is 26.4 Å². The van der Waals surface area contributed by atoms with Crippen molar-refractivity contribution in [2.45, 2.75) is 367 Å². The van der Waals surface area contributed by atoms with Gasteiger partial charge in [0.25, 0.3) is 0 Å². The number of aliphatic hydroxyl groups excluding tert-OH is 1. The highest BCUT2D eigenvalue weighted by Crippen LogP contribution is 2.45. The van der Waals surface area contributed by atoms with E-state index < -0.39 is 97.5 Å². The number of esters is 4. The molecule has 0 aromatic heterocycles. The number of aliphatic hydroxyl groups is 1. The summed E-state index contributed by atoms with van der Waals surface area (Å²) in [6.45, 7) is 4.75. The van der Waals surface area contributed by atoms with Gasteiger partial charge in [-0.1, -0.05) is 292 Å². The number of rotatable bonds is 76. The fourth-order valence-corrected chi connectivity index (χ4v) is 12.4. The number of hydrogen-bond acceptors (Lipinski definition) is 15. The highest BCUT2D eigenvalue weighted by Gasteiger charge is 2.30. The summed E-state index contributed by atoms with van der Waals surface area (Å²) < 4.78 is 68.6. The first kappa shape index (κ1) is 98.0. The van der Waals surface area contributed by atoms with Crippen LogP contribution in [0, 0.1) is 0 Å². The Morgan fingerprint density at radius 2 is 0.490 bits per heavy atom. The molecule has 0 aromatic rings. The normalized spacial score (nSPS) is 14.4. The van der Waals surface area contributed by atoms with E-state index >= 15 is 0 Å². The van der Waals surface area contributed by atoms with Crippen molar-refractivity contribution in [2.75, 3.05) is 39.6 Å². The van der Waals surface area contributed by atoms with Gasteiger partial charge in [0.1, 0.15) is 19.3 Å². The summed E-state index contributed by atoms with van der Waals surface area (Å²) in [4.78, 5) is 73.0. The number of phosphoric acid groups is 2. The first-order chi connectivity index (χ1) is 49.7. The molecule has 19 heteroatoms. The Balaban J connectivity index is 5.41. The molecule has 0 aliphatic rings.